The van der Waals surface area contributed by atoms with Crippen molar-refractivity contribution < 1.29 is 38.5 Å². The Morgan fingerprint density at radius 3 is 2.24 bits per heavy atom. The molecule has 4 N–H and O–H groups in total. The molecule has 0 saturated carbocycles. The molecule has 2 amide bonds. The van der Waals surface area contributed by atoms with Gasteiger partial charge in [-0.2, -0.15) is 0 Å². The molecule has 0 saturated heterocycles. The van der Waals surface area contributed by atoms with Crippen molar-refractivity contribution in [2.24, 2.45) is 5.73 Å². The first kappa shape index (κ1) is 41.8. The fourth-order valence-electron chi connectivity index (χ4n) is 6.21. The molecule has 5 rings (SSSR count). The van der Waals surface area contributed by atoms with E-state index in [0.717, 1.165) is 41.3 Å². The van der Waals surface area contributed by atoms with Crippen LogP contribution in [-0.4, -0.2) is 101 Å². The molecular weight excluding hydrogens is 649 g/mol. The fourth-order valence-corrected chi connectivity index (χ4v) is 6.21. The van der Waals surface area contributed by atoms with Crippen molar-refractivity contribution in [2.45, 2.75) is 73.1 Å². The summed E-state index contributed by atoms with van der Waals surface area (Å²) in [7, 11) is 2.96. The van der Waals surface area contributed by atoms with Crippen molar-refractivity contribution in [1.29, 1.82) is 0 Å². The average Bonchev–Trinajstić information content (AvgIpc) is 3.49. The SMILES string of the molecule is CC.CC(=O)N(CC=O)CCN(CCO)C(C)=O.CN.COCc1c(C(O)C=O)cc2n(c1=O)Cc1c-2nc2cc(F)c(C)c3c2c1CCC3. The number of pyridine rings is 2. The van der Waals surface area contributed by atoms with Gasteiger partial charge in [-0.15, -0.1) is 0 Å². The molecule has 1 aliphatic heterocycles. The molecule has 13 nitrogen and oxygen atoms in total. The smallest absolute Gasteiger partial charge is 0.257 e. The molecule has 2 aliphatic rings. The number of fused-ring (bicyclic) bond motifs is 4. The van der Waals surface area contributed by atoms with Gasteiger partial charge >= 0.3 is 0 Å². The molecule has 14 heteroatoms. The number of carbonyl (C=O) groups excluding carboxylic acids is 4. The van der Waals surface area contributed by atoms with Crippen LogP contribution in [0.15, 0.2) is 16.9 Å². The molecule has 3 aromatic rings. The minimum Gasteiger partial charge on any atom is -0.395 e. The van der Waals surface area contributed by atoms with E-state index in [2.05, 4.69) is 5.73 Å². The predicted molar refractivity (Wildman–Crippen MR) is 188 cm³/mol. The molecule has 2 aromatic heterocycles. The van der Waals surface area contributed by atoms with Gasteiger partial charge in [-0.05, 0) is 56.0 Å². The monoisotopic (exact) mass is 699 g/mol. The molecule has 0 fully saturated rings. The second-order valence-electron chi connectivity index (χ2n) is 11.4. The van der Waals surface area contributed by atoms with E-state index < -0.39 is 6.10 Å². The zero-order valence-corrected chi connectivity index (χ0v) is 30.0. The quantitative estimate of drug-likeness (QED) is 0.196. The lowest BCUT2D eigenvalue weighted by molar-refractivity contribution is -0.134. The summed E-state index contributed by atoms with van der Waals surface area (Å²) < 4.78 is 21.3. The molecule has 0 bridgehead atoms. The lowest BCUT2D eigenvalue weighted by Gasteiger charge is -2.24. The number of aliphatic hydroxyl groups is 2. The Balaban J connectivity index is 0.000000371. The highest BCUT2D eigenvalue weighted by atomic mass is 19.1. The van der Waals surface area contributed by atoms with Crippen LogP contribution in [0.4, 0.5) is 4.39 Å². The summed E-state index contributed by atoms with van der Waals surface area (Å²) in [6, 6.07) is 3.10. The van der Waals surface area contributed by atoms with Crippen molar-refractivity contribution in [3.05, 3.63) is 61.7 Å². The number of aromatic nitrogens is 2. The number of benzene rings is 1. The Labute approximate surface area is 291 Å². The zero-order valence-electron chi connectivity index (χ0n) is 30.0. The van der Waals surface area contributed by atoms with E-state index in [4.69, 9.17) is 14.8 Å². The van der Waals surface area contributed by atoms with Gasteiger partial charge in [-0.25, -0.2) is 9.37 Å². The summed E-state index contributed by atoms with van der Waals surface area (Å²) in [6.45, 7) is 9.70. The highest BCUT2D eigenvalue weighted by Gasteiger charge is 2.31. The number of carbonyl (C=O) groups is 4. The number of aldehydes is 2. The van der Waals surface area contributed by atoms with Crippen LogP contribution in [0.5, 0.6) is 0 Å². The predicted octanol–water partition coefficient (Wildman–Crippen LogP) is 2.22. The van der Waals surface area contributed by atoms with Gasteiger partial charge in [0.15, 0.2) is 6.29 Å². The Bertz CT molecular complexity index is 1740. The van der Waals surface area contributed by atoms with Gasteiger partial charge in [0.1, 0.15) is 18.2 Å². The lowest BCUT2D eigenvalue weighted by atomic mass is 9.85. The number of methoxy groups -OCH3 is 1. The highest BCUT2D eigenvalue weighted by Crippen LogP contribution is 2.41. The molecule has 0 spiro atoms. The Morgan fingerprint density at radius 2 is 1.68 bits per heavy atom. The number of rotatable bonds is 11. The lowest BCUT2D eigenvalue weighted by Crippen LogP contribution is -2.41. The van der Waals surface area contributed by atoms with E-state index >= 15 is 0 Å². The second kappa shape index (κ2) is 19.7. The first-order valence-corrected chi connectivity index (χ1v) is 16.6. The van der Waals surface area contributed by atoms with E-state index in [0.29, 0.717) is 54.7 Å². The molecule has 274 valence electrons. The number of hydrogen-bond donors (Lipinski definition) is 3. The van der Waals surface area contributed by atoms with Crippen molar-refractivity contribution in [3.63, 3.8) is 0 Å². The van der Waals surface area contributed by atoms with Gasteiger partial charge in [0.2, 0.25) is 11.8 Å². The summed E-state index contributed by atoms with van der Waals surface area (Å²) >= 11 is 0. The largest absolute Gasteiger partial charge is 0.395 e. The molecule has 0 radical (unpaired) electrons. The van der Waals surface area contributed by atoms with Crippen LogP contribution in [0.1, 0.15) is 73.6 Å². The maximum Gasteiger partial charge on any atom is 0.257 e. The Kier molecular flexibility index (Phi) is 16.5. The number of nitrogens with two attached hydrogens (primary N) is 1. The summed E-state index contributed by atoms with van der Waals surface area (Å²) in [5.41, 5.74) is 10.2. The van der Waals surface area contributed by atoms with Gasteiger partial charge in [0.25, 0.3) is 5.56 Å². The number of amides is 2. The van der Waals surface area contributed by atoms with Gasteiger partial charge in [-0.3, -0.25) is 14.4 Å². The summed E-state index contributed by atoms with van der Waals surface area (Å²) in [4.78, 5) is 64.5. The van der Waals surface area contributed by atoms with E-state index in [9.17, 15) is 33.5 Å². The first-order chi connectivity index (χ1) is 24.0. The zero-order chi connectivity index (χ0) is 37.7. The molecular formula is C36H50FN5O8. The van der Waals surface area contributed by atoms with Crippen LogP contribution in [0.25, 0.3) is 22.3 Å². The molecule has 3 heterocycles. The number of hydrogen-bond acceptors (Lipinski definition) is 10. The summed E-state index contributed by atoms with van der Waals surface area (Å²) in [5, 5.41) is 19.9. The Morgan fingerprint density at radius 1 is 1.06 bits per heavy atom. The summed E-state index contributed by atoms with van der Waals surface area (Å²) in [5.74, 6) is -0.649. The third-order valence-electron chi connectivity index (χ3n) is 8.60. The van der Waals surface area contributed by atoms with Crippen LogP contribution in [0, 0.1) is 12.7 Å². The topological polar surface area (TPSA) is 185 Å². The van der Waals surface area contributed by atoms with Crippen LogP contribution in [0.2, 0.25) is 0 Å². The standard InChI is InChI=1S/C23H21FN2O4.C10H18N2O4.C2H6.CH5N/c1-11-12-4-3-5-13-15-8-26-19(22(15)25-18(21(12)13)7-17(11)24)6-14(20(28)9-27)16(10-30-2)23(26)29;1-9(15)11(5-7-13)3-4-12(6-8-14)10(2)16;2*1-2/h6-7,9,20,28H,3-5,8,10H2,1-2H3;7,14H,3-6,8H2,1-2H3;1-2H3;2H2,1H3. The molecule has 50 heavy (non-hydrogen) atoms. The number of aryl methyl sites for hydroxylation is 2. The fraction of sp³-hybridized carbons (Fsp3) is 0.500. The Hall–Kier alpha value is -4.37. The van der Waals surface area contributed by atoms with Crippen molar-refractivity contribution in [2.75, 3.05) is 46.9 Å². The van der Waals surface area contributed by atoms with Crippen LogP contribution >= 0.6 is 0 Å². The number of nitrogens with zero attached hydrogens (tertiary/aromatic N) is 4. The van der Waals surface area contributed by atoms with E-state index in [1.165, 1.54) is 43.9 Å². The minimum absolute atomic E-state index is 0.00743. The molecule has 1 aromatic carbocycles. The van der Waals surface area contributed by atoms with Crippen molar-refractivity contribution >= 4 is 35.3 Å². The number of ether oxygens (including phenoxy) is 1. The minimum atomic E-state index is -1.43. The normalized spacial score (nSPS) is 12.5. The highest BCUT2D eigenvalue weighted by molar-refractivity contribution is 5.92. The van der Waals surface area contributed by atoms with E-state index in [1.807, 2.05) is 13.8 Å². The third kappa shape index (κ3) is 9.04. The average molecular weight is 700 g/mol. The van der Waals surface area contributed by atoms with E-state index in [1.54, 1.807) is 17.6 Å². The van der Waals surface area contributed by atoms with E-state index in [-0.39, 0.29) is 60.6 Å². The van der Waals surface area contributed by atoms with Crippen LogP contribution < -0.4 is 11.3 Å². The van der Waals surface area contributed by atoms with Crippen molar-refractivity contribution in [1.82, 2.24) is 19.4 Å². The maximum atomic E-state index is 14.5. The van der Waals surface area contributed by atoms with Gasteiger partial charge in [0.05, 0.1) is 43.2 Å². The van der Waals surface area contributed by atoms with Crippen molar-refractivity contribution in [3.8, 4) is 11.4 Å². The molecule has 1 atom stereocenters. The second-order valence-corrected chi connectivity index (χ2v) is 11.4. The molecule has 1 aliphatic carbocycles. The number of aliphatic hydroxyl groups excluding tert-OH is 2. The number of halogens is 1. The van der Waals surface area contributed by atoms with Crippen LogP contribution in [0.3, 0.4) is 0 Å². The third-order valence-corrected chi connectivity index (χ3v) is 8.60. The van der Waals surface area contributed by atoms with Gasteiger partial charge in [-0.1, -0.05) is 13.8 Å². The first-order valence-electron chi connectivity index (χ1n) is 16.6. The summed E-state index contributed by atoms with van der Waals surface area (Å²) in [6.07, 6.45) is 2.18. The molecule has 1 unspecified atom stereocenters. The van der Waals surface area contributed by atoms with Crippen LogP contribution in [-0.2, 0) is 49.9 Å². The van der Waals surface area contributed by atoms with Gasteiger partial charge < -0.3 is 44.6 Å². The van der Waals surface area contributed by atoms with Gasteiger partial charge in [0, 0.05) is 68.7 Å². The maximum absolute atomic E-state index is 14.5.